The summed E-state index contributed by atoms with van der Waals surface area (Å²) in [5.74, 6) is 0. The summed E-state index contributed by atoms with van der Waals surface area (Å²) in [5, 5.41) is 3.63. The lowest BCUT2D eigenvalue weighted by atomic mass is 10.1. The monoisotopic (exact) mass is 153 g/mol. The van der Waals surface area contributed by atoms with E-state index < -0.39 is 0 Å². The van der Waals surface area contributed by atoms with E-state index in [-0.39, 0.29) is 0 Å². The highest BCUT2D eigenvalue weighted by atomic mass is 14.9. The molecule has 1 spiro atoms. The van der Waals surface area contributed by atoms with Crippen LogP contribution in [0.1, 0.15) is 45.4 Å². The molecule has 1 nitrogen and oxygen atoms in total. The molecule has 0 aromatic rings. The van der Waals surface area contributed by atoms with Crippen molar-refractivity contribution < 1.29 is 0 Å². The van der Waals surface area contributed by atoms with Crippen LogP contribution >= 0.6 is 0 Å². The first kappa shape index (κ1) is 7.60. The summed E-state index contributed by atoms with van der Waals surface area (Å²) in [6.07, 6.45) is 8.76. The third kappa shape index (κ3) is 1.58. The van der Waals surface area contributed by atoms with Crippen LogP contribution in [0.15, 0.2) is 0 Å². The Balaban J connectivity index is 1.72. The van der Waals surface area contributed by atoms with E-state index in [0.717, 1.165) is 11.5 Å². The van der Waals surface area contributed by atoms with Crippen LogP contribution in [-0.2, 0) is 0 Å². The van der Waals surface area contributed by atoms with Gasteiger partial charge in [-0.15, -0.1) is 0 Å². The summed E-state index contributed by atoms with van der Waals surface area (Å²) in [5.41, 5.74) is 0.853. The summed E-state index contributed by atoms with van der Waals surface area (Å²) in [6, 6.07) is 0.873. The molecular formula is C10H19N. The SMILES string of the molecule is CCCN[C@@H]1CCC2(CC2)C1. The fourth-order valence-electron chi connectivity index (χ4n) is 2.36. The van der Waals surface area contributed by atoms with E-state index in [1.165, 1.54) is 45.1 Å². The average Bonchev–Trinajstić information content (AvgIpc) is 2.61. The van der Waals surface area contributed by atoms with Crippen molar-refractivity contribution in [2.24, 2.45) is 5.41 Å². The van der Waals surface area contributed by atoms with Gasteiger partial charge in [-0.2, -0.15) is 0 Å². The molecule has 0 saturated heterocycles. The van der Waals surface area contributed by atoms with Gasteiger partial charge in [0.25, 0.3) is 0 Å². The minimum Gasteiger partial charge on any atom is -0.314 e. The molecule has 0 aromatic heterocycles. The second-order valence-corrected chi connectivity index (χ2v) is 4.39. The molecular weight excluding hydrogens is 134 g/mol. The Hall–Kier alpha value is -0.0400. The average molecular weight is 153 g/mol. The van der Waals surface area contributed by atoms with Crippen molar-refractivity contribution in [2.45, 2.75) is 51.5 Å². The molecule has 0 aromatic carbocycles. The Morgan fingerprint density at radius 3 is 2.73 bits per heavy atom. The van der Waals surface area contributed by atoms with E-state index in [2.05, 4.69) is 12.2 Å². The van der Waals surface area contributed by atoms with Gasteiger partial charge in [0.2, 0.25) is 0 Å². The number of rotatable bonds is 3. The lowest BCUT2D eigenvalue weighted by Gasteiger charge is -2.11. The first-order chi connectivity index (χ1) is 5.35. The van der Waals surface area contributed by atoms with Gasteiger partial charge < -0.3 is 5.32 Å². The first-order valence-corrected chi connectivity index (χ1v) is 5.08. The molecule has 0 radical (unpaired) electrons. The molecule has 0 amide bonds. The summed E-state index contributed by atoms with van der Waals surface area (Å²) in [6.45, 7) is 3.47. The van der Waals surface area contributed by atoms with Gasteiger partial charge in [-0.3, -0.25) is 0 Å². The third-order valence-corrected chi connectivity index (χ3v) is 3.34. The topological polar surface area (TPSA) is 12.0 Å². The van der Waals surface area contributed by atoms with Crippen molar-refractivity contribution in [3.63, 3.8) is 0 Å². The predicted molar refractivity (Wildman–Crippen MR) is 47.6 cm³/mol. The van der Waals surface area contributed by atoms with Crippen LogP contribution in [0.25, 0.3) is 0 Å². The van der Waals surface area contributed by atoms with Crippen LogP contribution in [0, 0.1) is 5.41 Å². The largest absolute Gasteiger partial charge is 0.314 e. The molecule has 2 saturated carbocycles. The molecule has 2 fully saturated rings. The normalized spacial score (nSPS) is 33.0. The smallest absolute Gasteiger partial charge is 0.00725 e. The van der Waals surface area contributed by atoms with Gasteiger partial charge in [0.15, 0.2) is 0 Å². The van der Waals surface area contributed by atoms with Gasteiger partial charge in [0.1, 0.15) is 0 Å². The minimum atomic E-state index is 0.853. The van der Waals surface area contributed by atoms with Gasteiger partial charge in [-0.1, -0.05) is 6.92 Å². The van der Waals surface area contributed by atoms with Crippen molar-refractivity contribution >= 4 is 0 Å². The molecule has 1 atom stereocenters. The van der Waals surface area contributed by atoms with E-state index >= 15 is 0 Å². The Morgan fingerprint density at radius 2 is 2.18 bits per heavy atom. The Kier molecular flexibility index (Phi) is 1.92. The highest BCUT2D eigenvalue weighted by Gasteiger charge is 2.47. The van der Waals surface area contributed by atoms with Crippen LogP contribution < -0.4 is 5.32 Å². The quantitative estimate of drug-likeness (QED) is 0.656. The number of nitrogens with one attached hydrogen (secondary N) is 1. The second-order valence-electron chi connectivity index (χ2n) is 4.39. The third-order valence-electron chi connectivity index (χ3n) is 3.34. The van der Waals surface area contributed by atoms with Crippen molar-refractivity contribution in [1.82, 2.24) is 5.32 Å². The van der Waals surface area contributed by atoms with Crippen molar-refractivity contribution in [2.75, 3.05) is 6.54 Å². The van der Waals surface area contributed by atoms with Gasteiger partial charge in [0, 0.05) is 6.04 Å². The first-order valence-electron chi connectivity index (χ1n) is 5.08. The lowest BCUT2D eigenvalue weighted by molar-refractivity contribution is 0.475. The molecule has 1 N–H and O–H groups in total. The second kappa shape index (κ2) is 2.78. The summed E-state index contributed by atoms with van der Waals surface area (Å²) in [7, 11) is 0. The van der Waals surface area contributed by atoms with E-state index in [9.17, 15) is 0 Å². The molecule has 1 heteroatoms. The van der Waals surface area contributed by atoms with Crippen LogP contribution in [0.4, 0.5) is 0 Å². The fraction of sp³-hybridized carbons (Fsp3) is 1.00. The Labute approximate surface area is 69.6 Å². The maximum Gasteiger partial charge on any atom is 0.00725 e. The molecule has 0 bridgehead atoms. The van der Waals surface area contributed by atoms with Crippen molar-refractivity contribution in [3.8, 4) is 0 Å². The van der Waals surface area contributed by atoms with Crippen LogP contribution in [0.3, 0.4) is 0 Å². The predicted octanol–water partition coefficient (Wildman–Crippen LogP) is 2.32. The summed E-state index contributed by atoms with van der Waals surface area (Å²) in [4.78, 5) is 0. The molecule has 2 aliphatic carbocycles. The Bertz CT molecular complexity index is 138. The highest BCUT2D eigenvalue weighted by molar-refractivity contribution is 5.01. The van der Waals surface area contributed by atoms with Gasteiger partial charge in [-0.05, 0) is 50.5 Å². The van der Waals surface area contributed by atoms with Crippen molar-refractivity contribution in [1.29, 1.82) is 0 Å². The van der Waals surface area contributed by atoms with Crippen LogP contribution in [-0.4, -0.2) is 12.6 Å². The molecule has 2 aliphatic rings. The van der Waals surface area contributed by atoms with Crippen LogP contribution in [0.5, 0.6) is 0 Å². The summed E-state index contributed by atoms with van der Waals surface area (Å²) >= 11 is 0. The number of hydrogen-bond donors (Lipinski definition) is 1. The van der Waals surface area contributed by atoms with E-state index in [1.54, 1.807) is 0 Å². The molecule has 11 heavy (non-hydrogen) atoms. The molecule has 0 unspecified atom stereocenters. The maximum atomic E-state index is 3.63. The zero-order valence-corrected chi connectivity index (χ0v) is 7.53. The molecule has 0 aliphatic heterocycles. The molecule has 2 rings (SSSR count). The summed E-state index contributed by atoms with van der Waals surface area (Å²) < 4.78 is 0. The van der Waals surface area contributed by atoms with E-state index in [0.29, 0.717) is 0 Å². The van der Waals surface area contributed by atoms with E-state index in [1.807, 2.05) is 0 Å². The van der Waals surface area contributed by atoms with Gasteiger partial charge >= 0.3 is 0 Å². The lowest BCUT2D eigenvalue weighted by Crippen LogP contribution is -2.27. The van der Waals surface area contributed by atoms with Gasteiger partial charge in [-0.25, -0.2) is 0 Å². The van der Waals surface area contributed by atoms with E-state index in [4.69, 9.17) is 0 Å². The van der Waals surface area contributed by atoms with Gasteiger partial charge in [0.05, 0.1) is 0 Å². The van der Waals surface area contributed by atoms with Crippen LogP contribution in [0.2, 0.25) is 0 Å². The Morgan fingerprint density at radius 1 is 1.36 bits per heavy atom. The minimum absolute atomic E-state index is 0.853. The fourth-order valence-corrected chi connectivity index (χ4v) is 2.36. The zero-order chi connectivity index (χ0) is 7.73. The highest BCUT2D eigenvalue weighted by Crippen LogP contribution is 2.57. The molecule has 64 valence electrons. The molecule has 0 heterocycles. The zero-order valence-electron chi connectivity index (χ0n) is 7.53. The standard InChI is InChI=1S/C10H19N/c1-2-7-11-9-3-4-10(8-9)5-6-10/h9,11H,2-8H2,1H3/t9-/m1/s1. The maximum absolute atomic E-state index is 3.63. The van der Waals surface area contributed by atoms with Crippen molar-refractivity contribution in [3.05, 3.63) is 0 Å². The number of hydrogen-bond acceptors (Lipinski definition) is 1.